The first-order chi connectivity index (χ1) is 6.74. The van der Waals surface area contributed by atoms with Crippen molar-refractivity contribution in [1.29, 1.82) is 0 Å². The average molecular weight is 213 g/mol. The van der Waals surface area contributed by atoms with E-state index in [9.17, 15) is 0 Å². The minimum absolute atomic E-state index is 0.143. The molecule has 2 rings (SSSR count). The van der Waals surface area contributed by atoms with E-state index in [-0.39, 0.29) is 6.61 Å². The summed E-state index contributed by atoms with van der Waals surface area (Å²) in [6, 6.07) is 1.81. The van der Waals surface area contributed by atoms with Gasteiger partial charge >= 0.3 is 0 Å². The highest BCUT2D eigenvalue weighted by Crippen LogP contribution is 2.25. The number of aliphatic hydroxyl groups is 1. The third kappa shape index (κ3) is 1.30. The third-order valence-electron chi connectivity index (χ3n) is 2.04. The molecule has 2 aromatic rings. The number of rotatable bonds is 2. The van der Waals surface area contributed by atoms with Crippen molar-refractivity contribution in [3.8, 4) is 11.4 Å². The monoisotopic (exact) mass is 212 g/mol. The van der Waals surface area contributed by atoms with Gasteiger partial charge in [0, 0.05) is 18.8 Å². The Morgan fingerprint density at radius 1 is 1.64 bits per heavy atom. The van der Waals surface area contributed by atoms with Crippen LogP contribution in [0.1, 0.15) is 5.56 Å². The topological polar surface area (TPSA) is 66.7 Å². The molecule has 0 saturated heterocycles. The summed E-state index contributed by atoms with van der Waals surface area (Å²) in [7, 11) is 1.80. The van der Waals surface area contributed by atoms with Gasteiger partial charge in [-0.15, -0.1) is 0 Å². The minimum atomic E-state index is -0.143. The van der Waals surface area contributed by atoms with Gasteiger partial charge in [0.15, 0.2) is 0 Å². The summed E-state index contributed by atoms with van der Waals surface area (Å²) >= 11 is 5.81. The molecule has 2 aromatic heterocycles. The van der Waals surface area contributed by atoms with Crippen molar-refractivity contribution >= 4 is 11.6 Å². The Labute approximate surface area is 85.3 Å². The number of aromatic amines is 1. The largest absolute Gasteiger partial charge is 0.391 e. The lowest BCUT2D eigenvalue weighted by atomic mass is 10.2. The molecule has 0 radical (unpaired) electrons. The van der Waals surface area contributed by atoms with E-state index in [0.717, 1.165) is 5.69 Å². The number of halogens is 1. The fourth-order valence-electron chi connectivity index (χ4n) is 1.31. The van der Waals surface area contributed by atoms with Crippen LogP contribution < -0.4 is 0 Å². The number of hydrogen-bond donors (Lipinski definition) is 2. The van der Waals surface area contributed by atoms with Crippen molar-refractivity contribution in [2.24, 2.45) is 7.05 Å². The van der Waals surface area contributed by atoms with Crippen LogP contribution in [0.25, 0.3) is 11.4 Å². The molecule has 0 atom stereocenters. The first-order valence-corrected chi connectivity index (χ1v) is 4.43. The van der Waals surface area contributed by atoms with E-state index in [0.29, 0.717) is 16.4 Å². The lowest BCUT2D eigenvalue weighted by Crippen LogP contribution is -1.96. The Kier molecular flexibility index (Phi) is 2.26. The molecule has 0 aromatic carbocycles. The fraction of sp³-hybridized carbons (Fsp3) is 0.250. The van der Waals surface area contributed by atoms with Gasteiger partial charge in [-0.1, -0.05) is 11.6 Å². The van der Waals surface area contributed by atoms with Gasteiger partial charge in [0.1, 0.15) is 10.8 Å². The van der Waals surface area contributed by atoms with Crippen molar-refractivity contribution in [2.45, 2.75) is 6.61 Å². The molecule has 6 heteroatoms. The maximum absolute atomic E-state index is 9.10. The van der Waals surface area contributed by atoms with E-state index >= 15 is 0 Å². The van der Waals surface area contributed by atoms with Crippen LogP contribution in [-0.4, -0.2) is 25.1 Å². The second-order valence-corrected chi connectivity index (χ2v) is 3.24. The smallest absolute Gasteiger partial charge is 0.130 e. The Hall–Kier alpha value is -1.33. The van der Waals surface area contributed by atoms with Gasteiger partial charge in [0.05, 0.1) is 12.3 Å². The highest BCUT2D eigenvalue weighted by atomic mass is 35.5. The number of aryl methyl sites for hydroxylation is 1. The van der Waals surface area contributed by atoms with Crippen LogP contribution in [0.2, 0.25) is 5.15 Å². The summed E-state index contributed by atoms with van der Waals surface area (Å²) in [5.41, 5.74) is 2.05. The molecule has 2 N–H and O–H groups in total. The van der Waals surface area contributed by atoms with Crippen LogP contribution >= 0.6 is 11.6 Å². The van der Waals surface area contributed by atoms with Crippen LogP contribution in [0.15, 0.2) is 12.3 Å². The number of nitrogens with one attached hydrogen (secondary N) is 1. The highest BCUT2D eigenvalue weighted by molar-refractivity contribution is 6.30. The van der Waals surface area contributed by atoms with Gasteiger partial charge in [-0.25, -0.2) is 0 Å². The van der Waals surface area contributed by atoms with Crippen molar-refractivity contribution in [3.63, 3.8) is 0 Å². The minimum Gasteiger partial charge on any atom is -0.391 e. The average Bonchev–Trinajstić information content (AvgIpc) is 2.71. The van der Waals surface area contributed by atoms with E-state index in [1.807, 2.05) is 6.07 Å². The Bertz CT molecular complexity index is 448. The van der Waals surface area contributed by atoms with Gasteiger partial charge in [-0.2, -0.15) is 10.2 Å². The van der Waals surface area contributed by atoms with Crippen molar-refractivity contribution in [3.05, 3.63) is 23.0 Å². The van der Waals surface area contributed by atoms with Crippen molar-refractivity contribution in [2.75, 3.05) is 0 Å². The molecule has 0 aliphatic heterocycles. The van der Waals surface area contributed by atoms with Crippen LogP contribution in [0.4, 0.5) is 0 Å². The molecule has 0 saturated carbocycles. The molecule has 0 aliphatic rings. The number of hydrogen-bond acceptors (Lipinski definition) is 3. The zero-order valence-electron chi connectivity index (χ0n) is 7.53. The molecule has 2 heterocycles. The van der Waals surface area contributed by atoms with Crippen LogP contribution in [0.5, 0.6) is 0 Å². The molecular formula is C8H9ClN4O. The van der Waals surface area contributed by atoms with E-state index in [1.54, 1.807) is 17.9 Å². The molecule has 14 heavy (non-hydrogen) atoms. The van der Waals surface area contributed by atoms with Gasteiger partial charge in [-0.05, 0) is 6.07 Å². The Morgan fingerprint density at radius 2 is 2.43 bits per heavy atom. The molecule has 0 amide bonds. The number of aliphatic hydroxyl groups excluding tert-OH is 1. The first kappa shape index (κ1) is 9.23. The van der Waals surface area contributed by atoms with Gasteiger partial charge in [-0.3, -0.25) is 9.78 Å². The van der Waals surface area contributed by atoms with Crippen molar-refractivity contribution < 1.29 is 5.11 Å². The second kappa shape index (κ2) is 3.43. The SMILES string of the molecule is Cn1nccc1-c1n[nH]c(Cl)c1CO. The van der Waals surface area contributed by atoms with Gasteiger partial charge in [0.2, 0.25) is 0 Å². The number of H-pyrrole nitrogens is 1. The zero-order chi connectivity index (χ0) is 10.1. The molecule has 0 bridgehead atoms. The van der Waals surface area contributed by atoms with Crippen LogP contribution in [0, 0.1) is 0 Å². The van der Waals surface area contributed by atoms with E-state index < -0.39 is 0 Å². The summed E-state index contributed by atoms with van der Waals surface area (Å²) in [4.78, 5) is 0. The Morgan fingerprint density at radius 3 is 3.00 bits per heavy atom. The molecule has 0 fully saturated rings. The summed E-state index contributed by atoms with van der Waals surface area (Å²) in [6.07, 6.45) is 1.67. The molecule has 74 valence electrons. The van der Waals surface area contributed by atoms with E-state index in [2.05, 4.69) is 15.3 Å². The lowest BCUT2D eigenvalue weighted by Gasteiger charge is -1.99. The predicted octanol–water partition coefficient (Wildman–Crippen LogP) is 0.956. The fourth-order valence-corrected chi connectivity index (χ4v) is 1.50. The predicted molar refractivity (Wildman–Crippen MR) is 51.7 cm³/mol. The maximum atomic E-state index is 9.10. The summed E-state index contributed by atoms with van der Waals surface area (Å²) in [5.74, 6) is 0. The third-order valence-corrected chi connectivity index (χ3v) is 2.35. The molecule has 0 spiro atoms. The molecular weight excluding hydrogens is 204 g/mol. The lowest BCUT2D eigenvalue weighted by molar-refractivity contribution is 0.282. The van der Waals surface area contributed by atoms with E-state index in [4.69, 9.17) is 16.7 Å². The van der Waals surface area contributed by atoms with Gasteiger partial charge in [0.25, 0.3) is 0 Å². The van der Waals surface area contributed by atoms with E-state index in [1.165, 1.54) is 0 Å². The highest BCUT2D eigenvalue weighted by Gasteiger charge is 2.14. The summed E-state index contributed by atoms with van der Waals surface area (Å²) in [6.45, 7) is -0.143. The number of aromatic nitrogens is 4. The summed E-state index contributed by atoms with van der Waals surface area (Å²) < 4.78 is 1.67. The summed E-state index contributed by atoms with van der Waals surface area (Å²) in [5, 5.41) is 20.1. The Balaban J connectivity index is 2.57. The van der Waals surface area contributed by atoms with Crippen molar-refractivity contribution in [1.82, 2.24) is 20.0 Å². The number of nitrogens with zero attached hydrogens (tertiary/aromatic N) is 3. The second-order valence-electron chi connectivity index (χ2n) is 2.86. The zero-order valence-corrected chi connectivity index (χ0v) is 8.28. The molecule has 0 unspecified atom stereocenters. The molecule has 5 nitrogen and oxygen atoms in total. The molecule has 0 aliphatic carbocycles. The van der Waals surface area contributed by atoms with Crippen LogP contribution in [-0.2, 0) is 13.7 Å². The maximum Gasteiger partial charge on any atom is 0.130 e. The van der Waals surface area contributed by atoms with Gasteiger partial charge < -0.3 is 5.11 Å². The van der Waals surface area contributed by atoms with Crippen LogP contribution in [0.3, 0.4) is 0 Å². The standard InChI is InChI=1S/C8H9ClN4O/c1-13-6(2-3-10-13)7-5(4-14)8(9)12-11-7/h2-3,14H,4H2,1H3,(H,11,12). The normalized spacial score (nSPS) is 10.8. The quantitative estimate of drug-likeness (QED) is 0.779. The first-order valence-electron chi connectivity index (χ1n) is 4.06.